The molecule has 1 aliphatic heterocycles. The molecule has 1 rings (SSSR count). The van der Waals surface area contributed by atoms with Crippen LogP contribution in [0.5, 0.6) is 0 Å². The van der Waals surface area contributed by atoms with E-state index in [0.717, 1.165) is 13.1 Å². The highest BCUT2D eigenvalue weighted by Gasteiger charge is 2.20. The minimum absolute atomic E-state index is 0.304. The number of piperazine rings is 1. The molecule has 0 unspecified atom stereocenters. The second-order valence-corrected chi connectivity index (χ2v) is 3.25. The molecule has 0 aliphatic carbocycles. The van der Waals surface area contributed by atoms with Gasteiger partial charge in [0.25, 0.3) is 0 Å². The van der Waals surface area contributed by atoms with Gasteiger partial charge in [-0.2, -0.15) is 0 Å². The highest BCUT2D eigenvalue weighted by molar-refractivity contribution is 5.82. The van der Waals surface area contributed by atoms with E-state index in [2.05, 4.69) is 10.6 Å². The number of carbonyl (C=O) groups is 2. The number of rotatable bonds is 2. The van der Waals surface area contributed by atoms with E-state index in [1.807, 2.05) is 0 Å². The van der Waals surface area contributed by atoms with E-state index in [9.17, 15) is 9.59 Å². The molecule has 0 saturated carbocycles. The van der Waals surface area contributed by atoms with Crippen LogP contribution in [-0.2, 0) is 4.79 Å². The van der Waals surface area contributed by atoms with Crippen LogP contribution in [0.3, 0.4) is 0 Å². The molecule has 1 heterocycles. The highest BCUT2D eigenvalue weighted by atomic mass is 16.4. The largest absolute Gasteiger partial charge is 0.480 e. The molecule has 0 aromatic heterocycles. The smallest absolute Gasteiger partial charge is 0.325 e. The first-order valence-electron chi connectivity index (χ1n) is 4.60. The van der Waals surface area contributed by atoms with Crippen LogP contribution in [0.2, 0.25) is 0 Å². The van der Waals surface area contributed by atoms with Crippen LogP contribution in [0.4, 0.5) is 4.79 Å². The molecule has 1 atom stereocenters. The predicted molar refractivity (Wildman–Crippen MR) is 50.1 cm³/mol. The summed E-state index contributed by atoms with van der Waals surface area (Å²) in [6.45, 7) is 4.21. The number of hydrogen-bond donors (Lipinski definition) is 3. The van der Waals surface area contributed by atoms with E-state index >= 15 is 0 Å². The fourth-order valence-electron chi connectivity index (χ4n) is 1.21. The number of nitrogens with one attached hydrogen (secondary N) is 2. The Bertz CT molecular complexity index is 226. The average molecular weight is 201 g/mol. The second kappa shape index (κ2) is 4.80. The third-order valence-corrected chi connectivity index (χ3v) is 2.11. The number of carbonyl (C=O) groups excluding carboxylic acids is 1. The summed E-state index contributed by atoms with van der Waals surface area (Å²) in [4.78, 5) is 23.5. The number of nitrogens with zero attached hydrogens (tertiary/aromatic N) is 1. The molecule has 0 radical (unpaired) electrons. The number of urea groups is 1. The van der Waals surface area contributed by atoms with Gasteiger partial charge in [-0.3, -0.25) is 4.79 Å². The molecule has 1 saturated heterocycles. The van der Waals surface area contributed by atoms with Gasteiger partial charge in [0.05, 0.1) is 0 Å². The van der Waals surface area contributed by atoms with E-state index in [-0.39, 0.29) is 6.03 Å². The first kappa shape index (κ1) is 10.8. The molecule has 1 aliphatic rings. The second-order valence-electron chi connectivity index (χ2n) is 3.25. The van der Waals surface area contributed by atoms with Crippen LogP contribution in [-0.4, -0.2) is 54.2 Å². The summed E-state index contributed by atoms with van der Waals surface area (Å²) in [5, 5.41) is 14.1. The molecule has 3 N–H and O–H groups in total. The van der Waals surface area contributed by atoms with E-state index in [0.29, 0.717) is 13.1 Å². The van der Waals surface area contributed by atoms with Gasteiger partial charge in [-0.25, -0.2) is 4.79 Å². The van der Waals surface area contributed by atoms with E-state index < -0.39 is 12.0 Å². The van der Waals surface area contributed by atoms with Crippen molar-refractivity contribution in [3.8, 4) is 0 Å². The fourth-order valence-corrected chi connectivity index (χ4v) is 1.21. The molecule has 6 nitrogen and oxygen atoms in total. The lowest BCUT2D eigenvalue weighted by Gasteiger charge is -2.28. The van der Waals surface area contributed by atoms with Gasteiger partial charge in [-0.1, -0.05) is 0 Å². The van der Waals surface area contributed by atoms with Crippen LogP contribution >= 0.6 is 0 Å². The predicted octanol–water partition coefficient (Wildman–Crippen LogP) is -0.926. The third kappa shape index (κ3) is 2.88. The lowest BCUT2D eigenvalue weighted by molar-refractivity contribution is -0.138. The SMILES string of the molecule is C[C@@H](NC(=O)N1CCNCC1)C(=O)O. The Balaban J connectivity index is 2.36. The Morgan fingerprint density at radius 2 is 2.00 bits per heavy atom. The van der Waals surface area contributed by atoms with Crippen molar-refractivity contribution in [2.45, 2.75) is 13.0 Å². The average Bonchev–Trinajstić information content (AvgIpc) is 2.19. The molecular weight excluding hydrogens is 186 g/mol. The molecule has 14 heavy (non-hydrogen) atoms. The molecule has 0 aromatic carbocycles. The first-order chi connectivity index (χ1) is 6.61. The molecule has 80 valence electrons. The van der Waals surface area contributed by atoms with Crippen molar-refractivity contribution in [2.75, 3.05) is 26.2 Å². The van der Waals surface area contributed by atoms with Gasteiger partial charge in [-0.15, -0.1) is 0 Å². The summed E-state index contributed by atoms with van der Waals surface area (Å²) in [5.41, 5.74) is 0. The normalized spacial score (nSPS) is 18.8. The Labute approximate surface area is 82.3 Å². The molecule has 1 fully saturated rings. The van der Waals surface area contributed by atoms with Gasteiger partial charge in [0.2, 0.25) is 0 Å². The van der Waals surface area contributed by atoms with Gasteiger partial charge >= 0.3 is 12.0 Å². The number of amides is 2. The van der Waals surface area contributed by atoms with Crippen molar-refractivity contribution >= 4 is 12.0 Å². The Kier molecular flexibility index (Phi) is 3.70. The van der Waals surface area contributed by atoms with Gasteiger partial charge in [-0.05, 0) is 6.92 Å². The number of carboxylic acids is 1. The fraction of sp³-hybridized carbons (Fsp3) is 0.750. The standard InChI is InChI=1S/C8H15N3O3/c1-6(7(12)13)10-8(14)11-4-2-9-3-5-11/h6,9H,2-5H2,1H3,(H,10,14)(H,12,13)/t6-/m1/s1. The van der Waals surface area contributed by atoms with Crippen LogP contribution in [0.15, 0.2) is 0 Å². The lowest BCUT2D eigenvalue weighted by atomic mass is 10.3. The summed E-state index contributed by atoms with van der Waals surface area (Å²) in [7, 11) is 0. The van der Waals surface area contributed by atoms with E-state index in [1.165, 1.54) is 6.92 Å². The summed E-state index contributed by atoms with van der Waals surface area (Å²) in [6, 6.07) is -1.14. The Morgan fingerprint density at radius 1 is 1.43 bits per heavy atom. The maximum absolute atomic E-state index is 11.4. The van der Waals surface area contributed by atoms with Crippen molar-refractivity contribution in [1.82, 2.24) is 15.5 Å². The van der Waals surface area contributed by atoms with Crippen LogP contribution in [0.1, 0.15) is 6.92 Å². The topological polar surface area (TPSA) is 81.7 Å². The summed E-state index contributed by atoms with van der Waals surface area (Å²) >= 11 is 0. The number of aliphatic carboxylic acids is 1. The minimum Gasteiger partial charge on any atom is -0.480 e. The van der Waals surface area contributed by atoms with Crippen LogP contribution < -0.4 is 10.6 Å². The van der Waals surface area contributed by atoms with E-state index in [1.54, 1.807) is 4.90 Å². The number of carboxylic acid groups (broad SMARTS) is 1. The first-order valence-corrected chi connectivity index (χ1v) is 4.60. The zero-order valence-corrected chi connectivity index (χ0v) is 8.12. The highest BCUT2D eigenvalue weighted by Crippen LogP contribution is 1.94. The van der Waals surface area contributed by atoms with E-state index in [4.69, 9.17) is 5.11 Å². The number of hydrogen-bond acceptors (Lipinski definition) is 3. The molecular formula is C8H15N3O3. The molecule has 0 bridgehead atoms. The monoisotopic (exact) mass is 201 g/mol. The van der Waals surface area contributed by atoms with Crippen LogP contribution in [0.25, 0.3) is 0 Å². The van der Waals surface area contributed by atoms with Crippen molar-refractivity contribution in [2.24, 2.45) is 0 Å². The summed E-state index contributed by atoms with van der Waals surface area (Å²) in [5.74, 6) is -1.02. The summed E-state index contributed by atoms with van der Waals surface area (Å²) in [6.07, 6.45) is 0. The molecule has 6 heteroatoms. The third-order valence-electron chi connectivity index (χ3n) is 2.11. The zero-order chi connectivity index (χ0) is 10.6. The Hall–Kier alpha value is -1.30. The van der Waals surface area contributed by atoms with Gasteiger partial charge < -0.3 is 20.6 Å². The summed E-state index contributed by atoms with van der Waals surface area (Å²) < 4.78 is 0. The maximum atomic E-state index is 11.4. The minimum atomic E-state index is -1.02. The maximum Gasteiger partial charge on any atom is 0.325 e. The lowest BCUT2D eigenvalue weighted by Crippen LogP contribution is -2.53. The van der Waals surface area contributed by atoms with Gasteiger partial charge in [0.15, 0.2) is 0 Å². The molecule has 2 amide bonds. The van der Waals surface area contributed by atoms with Crippen molar-refractivity contribution in [3.63, 3.8) is 0 Å². The molecule has 0 spiro atoms. The van der Waals surface area contributed by atoms with Crippen molar-refractivity contribution < 1.29 is 14.7 Å². The quantitative estimate of drug-likeness (QED) is 0.539. The molecule has 0 aromatic rings. The van der Waals surface area contributed by atoms with Gasteiger partial charge in [0, 0.05) is 26.2 Å². The van der Waals surface area contributed by atoms with Crippen LogP contribution in [0, 0.1) is 0 Å². The van der Waals surface area contributed by atoms with Crippen molar-refractivity contribution in [3.05, 3.63) is 0 Å². The van der Waals surface area contributed by atoms with Crippen molar-refractivity contribution in [1.29, 1.82) is 0 Å². The Morgan fingerprint density at radius 3 is 2.50 bits per heavy atom. The van der Waals surface area contributed by atoms with Gasteiger partial charge in [0.1, 0.15) is 6.04 Å². The zero-order valence-electron chi connectivity index (χ0n) is 8.12.